The minimum absolute atomic E-state index is 0.573. The van der Waals surface area contributed by atoms with Crippen molar-refractivity contribution in [3.63, 3.8) is 0 Å². The van der Waals surface area contributed by atoms with E-state index in [2.05, 4.69) is 149 Å². The number of benzene rings is 6. The van der Waals surface area contributed by atoms with Gasteiger partial charge in [-0.3, -0.25) is 0 Å². The van der Waals surface area contributed by atoms with Gasteiger partial charge in [-0.25, -0.2) is 0 Å². The number of unbranched alkanes of at least 4 members (excludes halogenated alkanes) is 2. The molecule has 1 aliphatic heterocycles. The molecule has 0 fully saturated rings. The summed E-state index contributed by atoms with van der Waals surface area (Å²) in [5.41, 5.74) is 19.5. The molecule has 1 heteroatoms. The molecule has 2 aliphatic carbocycles. The van der Waals surface area contributed by atoms with Gasteiger partial charge in [-0.15, -0.1) is 0 Å². The van der Waals surface area contributed by atoms with Gasteiger partial charge < -0.3 is 0 Å². The maximum atomic E-state index is 2.62. The molecule has 0 radical (unpaired) electrons. The molecule has 6 aromatic carbocycles. The monoisotopic (exact) mass is 768 g/mol. The summed E-state index contributed by atoms with van der Waals surface area (Å²) in [6.07, 6.45) is 9.61. The molecule has 6 aromatic rings. The van der Waals surface area contributed by atoms with Crippen LogP contribution in [0.25, 0.3) is 32.7 Å². The fraction of sp³-hybridized carbons (Fsp3) is 0.308. The van der Waals surface area contributed by atoms with Gasteiger partial charge in [0.1, 0.15) is 0 Å². The Bertz CT molecular complexity index is 2240. The summed E-state index contributed by atoms with van der Waals surface area (Å²) in [6.45, 7) is 9.89. The molecule has 0 amide bonds. The van der Waals surface area contributed by atoms with E-state index < -0.39 is 20.3 Å². The van der Waals surface area contributed by atoms with Crippen LogP contribution in [0.2, 0.25) is 8.26 Å². The van der Waals surface area contributed by atoms with Crippen molar-refractivity contribution in [2.75, 3.05) is 0 Å². The third kappa shape index (κ3) is 5.47. The summed E-state index contributed by atoms with van der Waals surface area (Å²) in [5.74, 6) is 0. The van der Waals surface area contributed by atoms with Gasteiger partial charge in [0, 0.05) is 0 Å². The van der Waals surface area contributed by atoms with Crippen LogP contribution in [0, 0.1) is 0 Å². The molecule has 0 saturated carbocycles. The summed E-state index contributed by atoms with van der Waals surface area (Å²) in [6, 6.07) is 47.6. The van der Waals surface area contributed by atoms with Crippen LogP contribution in [0.15, 0.2) is 132 Å². The van der Waals surface area contributed by atoms with Crippen LogP contribution < -0.4 is 0 Å². The molecule has 0 saturated heterocycles. The summed E-state index contributed by atoms with van der Waals surface area (Å²) in [5, 5.41) is 5.53. The van der Waals surface area contributed by atoms with Crippen LogP contribution in [0.3, 0.4) is 0 Å². The van der Waals surface area contributed by atoms with E-state index in [9.17, 15) is 0 Å². The van der Waals surface area contributed by atoms with Crippen LogP contribution in [0.4, 0.5) is 0 Å². The van der Waals surface area contributed by atoms with Crippen LogP contribution >= 0.6 is 0 Å². The van der Waals surface area contributed by atoms with E-state index in [0.29, 0.717) is 7.25 Å². The molecule has 266 valence electrons. The second-order valence-electron chi connectivity index (χ2n) is 16.1. The van der Waals surface area contributed by atoms with Crippen LogP contribution in [0.5, 0.6) is 0 Å². The Balaban J connectivity index is 1.43. The average Bonchev–Trinajstić information content (AvgIpc) is 3.74. The minimum atomic E-state index is -3.44. The second kappa shape index (κ2) is 14.5. The number of allylic oxidation sites excluding steroid dienone is 2. The fourth-order valence-corrected chi connectivity index (χ4v) is 30.1. The zero-order valence-corrected chi connectivity index (χ0v) is 34.7. The third-order valence-electron chi connectivity index (χ3n) is 13.5. The molecule has 0 spiro atoms. The van der Waals surface area contributed by atoms with Gasteiger partial charge in [-0.2, -0.15) is 0 Å². The summed E-state index contributed by atoms with van der Waals surface area (Å²) in [7, 11) is 0. The normalized spacial score (nSPS) is 18.6. The van der Waals surface area contributed by atoms with Crippen molar-refractivity contribution in [1.82, 2.24) is 0 Å². The first-order chi connectivity index (χ1) is 26.1. The van der Waals surface area contributed by atoms with Gasteiger partial charge in [-0.05, 0) is 0 Å². The van der Waals surface area contributed by atoms with Crippen LogP contribution in [-0.2, 0) is 33.1 Å². The van der Waals surface area contributed by atoms with Gasteiger partial charge in [-0.1, -0.05) is 0 Å². The molecule has 0 nitrogen and oxygen atoms in total. The molecule has 3 aliphatic rings. The summed E-state index contributed by atoms with van der Waals surface area (Å²) in [4.78, 5) is 0. The Hall–Kier alpha value is -3.80. The van der Waals surface area contributed by atoms with Crippen molar-refractivity contribution >= 4 is 32.7 Å². The standard InChI is InChI=1S/C44H36.2C4H9.Zr/c1-3-29-27-35-19-9-17-33(41(35)43(29)39-23-11-15-31-13-5-7-21-37(31)39)25-26-34-18-10-20-36-28-30(4-2)44(42(34)36)40-24-12-16-32-14-6-8-22-38(32)40;2*1-3-4-2;/h5-24,27-28H,3-4,25-26H2,1-2H3;2*1,3-4H2,2H3;. The van der Waals surface area contributed by atoms with Crippen molar-refractivity contribution in [3.05, 3.63) is 177 Å². The molecule has 0 N–H and O–H groups in total. The van der Waals surface area contributed by atoms with E-state index >= 15 is 0 Å². The van der Waals surface area contributed by atoms with Gasteiger partial charge >= 0.3 is 325 Å². The first-order valence-corrected chi connectivity index (χ1v) is 27.1. The van der Waals surface area contributed by atoms with Crippen molar-refractivity contribution in [2.45, 2.75) is 94.6 Å². The zero-order valence-electron chi connectivity index (χ0n) is 32.3. The van der Waals surface area contributed by atoms with E-state index in [-0.39, 0.29) is 0 Å². The Morgan fingerprint density at radius 3 is 1.32 bits per heavy atom. The van der Waals surface area contributed by atoms with E-state index in [1.807, 2.05) is 0 Å². The van der Waals surface area contributed by atoms with Gasteiger partial charge in [0.15, 0.2) is 0 Å². The third-order valence-corrected chi connectivity index (χ3v) is 28.7. The quantitative estimate of drug-likeness (QED) is 0.130. The van der Waals surface area contributed by atoms with E-state index in [1.54, 1.807) is 55.7 Å². The molecule has 0 aromatic heterocycles. The van der Waals surface area contributed by atoms with Crippen LogP contribution in [-0.4, -0.2) is 0 Å². The van der Waals surface area contributed by atoms with Crippen molar-refractivity contribution in [1.29, 1.82) is 0 Å². The van der Waals surface area contributed by atoms with Crippen LogP contribution in [0.1, 0.15) is 118 Å². The topological polar surface area (TPSA) is 0 Å². The van der Waals surface area contributed by atoms with Crippen molar-refractivity contribution in [3.8, 4) is 0 Å². The predicted octanol–water partition coefficient (Wildman–Crippen LogP) is 14.9. The number of hydrogen-bond donors (Lipinski definition) is 0. The molecule has 2 unspecified atom stereocenters. The molecule has 2 atom stereocenters. The summed E-state index contributed by atoms with van der Waals surface area (Å²) >= 11 is -3.44. The van der Waals surface area contributed by atoms with Gasteiger partial charge in [0.25, 0.3) is 0 Å². The van der Waals surface area contributed by atoms with Gasteiger partial charge in [0.2, 0.25) is 0 Å². The Labute approximate surface area is 322 Å². The fourth-order valence-electron chi connectivity index (χ4n) is 11.5. The van der Waals surface area contributed by atoms with E-state index in [4.69, 9.17) is 0 Å². The Kier molecular flexibility index (Phi) is 9.53. The molecular weight excluding hydrogens is 716 g/mol. The first kappa shape index (κ1) is 34.9. The number of aryl methyl sites for hydroxylation is 2. The molecule has 8 bridgehead atoms. The number of rotatable bonds is 10. The van der Waals surface area contributed by atoms with E-state index in [1.165, 1.54) is 66.6 Å². The summed E-state index contributed by atoms with van der Waals surface area (Å²) < 4.78 is 4.05. The van der Waals surface area contributed by atoms with Crippen molar-refractivity contribution in [2.24, 2.45) is 0 Å². The van der Waals surface area contributed by atoms with E-state index in [0.717, 1.165) is 25.7 Å². The maximum absolute atomic E-state index is 3.44. The first-order valence-electron chi connectivity index (χ1n) is 20.8. The Morgan fingerprint density at radius 1 is 0.472 bits per heavy atom. The SMILES string of the molecule is CCC[CH2][Zr]1([CH2]CCC)[CH]2C(CC)=C(c3cccc4ccccc34)c3c(cccc32)CCc2cccc3c2C(c2cccc4ccccc24)=C(CC)[CH]31. The second-order valence-corrected chi connectivity index (χ2v) is 27.5. The number of hydrogen-bond acceptors (Lipinski definition) is 0. The zero-order chi connectivity index (χ0) is 36.1. The van der Waals surface area contributed by atoms with Gasteiger partial charge in [0.05, 0.1) is 0 Å². The molecule has 1 heterocycles. The predicted molar refractivity (Wildman–Crippen MR) is 226 cm³/mol. The molecular formula is C52H54Zr. The molecule has 9 rings (SSSR count). The average molecular weight is 770 g/mol. The molecule has 53 heavy (non-hydrogen) atoms. The Morgan fingerprint density at radius 2 is 0.887 bits per heavy atom. The number of fused-ring (bicyclic) bond motifs is 2. The van der Waals surface area contributed by atoms with Crippen molar-refractivity contribution < 1.29 is 20.3 Å².